The summed E-state index contributed by atoms with van der Waals surface area (Å²) in [5.74, 6) is 0.0335. The molecule has 0 aliphatic carbocycles. The van der Waals surface area contributed by atoms with E-state index in [0.29, 0.717) is 19.4 Å². The zero-order chi connectivity index (χ0) is 15.3. The Labute approximate surface area is 124 Å². The number of hydrogen-bond acceptors (Lipinski definition) is 3. The highest BCUT2D eigenvalue weighted by Crippen LogP contribution is 2.16. The summed E-state index contributed by atoms with van der Waals surface area (Å²) in [5, 5.41) is 9.76. The SMILES string of the molecule is CC(C)(N)CCC(=O)NCc1ccc(-c2ccn[nH]2)cc1. The molecule has 0 spiro atoms. The lowest BCUT2D eigenvalue weighted by Crippen LogP contribution is -2.34. The first kappa shape index (κ1) is 15.3. The number of amides is 1. The van der Waals surface area contributed by atoms with Crippen LogP contribution in [0.25, 0.3) is 11.3 Å². The Morgan fingerprint density at radius 3 is 2.57 bits per heavy atom. The third kappa shape index (κ3) is 5.04. The second-order valence-corrected chi connectivity index (χ2v) is 5.93. The molecule has 1 aromatic carbocycles. The average molecular weight is 286 g/mol. The lowest BCUT2D eigenvalue weighted by atomic mass is 10.00. The fourth-order valence-corrected chi connectivity index (χ4v) is 1.94. The Balaban J connectivity index is 1.82. The Morgan fingerprint density at radius 2 is 2.00 bits per heavy atom. The van der Waals surface area contributed by atoms with E-state index in [1.807, 2.05) is 44.2 Å². The summed E-state index contributed by atoms with van der Waals surface area (Å²) >= 11 is 0. The van der Waals surface area contributed by atoms with E-state index in [1.165, 1.54) is 0 Å². The van der Waals surface area contributed by atoms with Gasteiger partial charge in [-0.3, -0.25) is 9.89 Å². The van der Waals surface area contributed by atoms with Gasteiger partial charge in [0, 0.05) is 24.7 Å². The predicted octanol–water partition coefficient (Wildman–Crippen LogP) is 2.21. The van der Waals surface area contributed by atoms with Crippen LogP contribution in [-0.2, 0) is 11.3 Å². The van der Waals surface area contributed by atoms with Crippen LogP contribution in [-0.4, -0.2) is 21.6 Å². The molecule has 5 nitrogen and oxygen atoms in total. The smallest absolute Gasteiger partial charge is 0.220 e. The van der Waals surface area contributed by atoms with Crippen molar-refractivity contribution in [2.45, 2.75) is 38.8 Å². The molecule has 0 radical (unpaired) electrons. The van der Waals surface area contributed by atoms with Gasteiger partial charge in [-0.15, -0.1) is 0 Å². The van der Waals surface area contributed by atoms with Crippen molar-refractivity contribution in [2.24, 2.45) is 5.73 Å². The van der Waals surface area contributed by atoms with Crippen LogP contribution in [0.4, 0.5) is 0 Å². The summed E-state index contributed by atoms with van der Waals surface area (Å²) in [5.41, 5.74) is 8.69. The number of carbonyl (C=O) groups excluding carboxylic acids is 1. The number of H-pyrrole nitrogens is 1. The number of carbonyl (C=O) groups is 1. The van der Waals surface area contributed by atoms with Crippen molar-refractivity contribution in [1.82, 2.24) is 15.5 Å². The van der Waals surface area contributed by atoms with E-state index in [-0.39, 0.29) is 11.4 Å². The van der Waals surface area contributed by atoms with Crippen molar-refractivity contribution >= 4 is 5.91 Å². The van der Waals surface area contributed by atoms with E-state index in [4.69, 9.17) is 5.73 Å². The number of aromatic nitrogens is 2. The number of hydrogen-bond donors (Lipinski definition) is 3. The van der Waals surface area contributed by atoms with Gasteiger partial charge in [0.05, 0.1) is 5.69 Å². The fraction of sp³-hybridized carbons (Fsp3) is 0.375. The Kier molecular flexibility index (Phi) is 4.75. The van der Waals surface area contributed by atoms with Crippen molar-refractivity contribution < 1.29 is 4.79 Å². The third-order valence-corrected chi connectivity index (χ3v) is 3.25. The molecule has 1 aromatic heterocycles. The zero-order valence-corrected chi connectivity index (χ0v) is 12.5. The van der Waals surface area contributed by atoms with Crippen LogP contribution in [0.15, 0.2) is 36.5 Å². The van der Waals surface area contributed by atoms with Gasteiger partial charge >= 0.3 is 0 Å². The van der Waals surface area contributed by atoms with Crippen molar-refractivity contribution in [1.29, 1.82) is 0 Å². The monoisotopic (exact) mass is 286 g/mol. The zero-order valence-electron chi connectivity index (χ0n) is 12.5. The van der Waals surface area contributed by atoms with Gasteiger partial charge in [0.15, 0.2) is 0 Å². The first-order valence-corrected chi connectivity index (χ1v) is 7.08. The summed E-state index contributed by atoms with van der Waals surface area (Å²) in [4.78, 5) is 11.7. The highest BCUT2D eigenvalue weighted by molar-refractivity contribution is 5.76. The quantitative estimate of drug-likeness (QED) is 0.761. The highest BCUT2D eigenvalue weighted by Gasteiger charge is 2.12. The average Bonchev–Trinajstić information content (AvgIpc) is 2.97. The fourth-order valence-electron chi connectivity index (χ4n) is 1.94. The molecule has 5 heteroatoms. The van der Waals surface area contributed by atoms with Crippen molar-refractivity contribution in [3.05, 3.63) is 42.1 Å². The number of nitrogens with one attached hydrogen (secondary N) is 2. The number of nitrogens with two attached hydrogens (primary N) is 1. The number of nitrogens with zero attached hydrogens (tertiary/aromatic N) is 1. The molecule has 2 aromatic rings. The van der Waals surface area contributed by atoms with Crippen LogP contribution in [0.5, 0.6) is 0 Å². The first-order chi connectivity index (χ1) is 9.94. The van der Waals surface area contributed by atoms with Gasteiger partial charge in [0.2, 0.25) is 5.91 Å². The molecule has 0 atom stereocenters. The molecule has 4 N–H and O–H groups in total. The van der Waals surface area contributed by atoms with E-state index in [9.17, 15) is 4.79 Å². The number of rotatable bonds is 6. The molecule has 2 rings (SSSR count). The molecule has 112 valence electrons. The van der Waals surface area contributed by atoms with E-state index >= 15 is 0 Å². The van der Waals surface area contributed by atoms with Gasteiger partial charge in [-0.2, -0.15) is 5.10 Å². The standard InChI is InChI=1S/C16H22N4O/c1-16(2,17)9-7-15(21)18-11-12-3-5-13(6-4-12)14-8-10-19-20-14/h3-6,8,10H,7,9,11,17H2,1-2H3,(H,18,21)(H,19,20). The topological polar surface area (TPSA) is 83.8 Å². The second kappa shape index (κ2) is 6.54. The van der Waals surface area contributed by atoms with Crippen molar-refractivity contribution in [3.8, 4) is 11.3 Å². The first-order valence-electron chi connectivity index (χ1n) is 7.08. The van der Waals surface area contributed by atoms with Gasteiger partial charge < -0.3 is 11.1 Å². The Hall–Kier alpha value is -2.14. The lowest BCUT2D eigenvalue weighted by molar-refractivity contribution is -0.121. The molecule has 1 amide bonds. The minimum Gasteiger partial charge on any atom is -0.352 e. The summed E-state index contributed by atoms with van der Waals surface area (Å²) < 4.78 is 0. The molecule has 1 heterocycles. The molecule has 0 unspecified atom stereocenters. The van der Waals surface area contributed by atoms with E-state index in [1.54, 1.807) is 6.20 Å². The third-order valence-electron chi connectivity index (χ3n) is 3.25. The maximum absolute atomic E-state index is 11.7. The van der Waals surface area contributed by atoms with Crippen molar-refractivity contribution in [2.75, 3.05) is 0 Å². The molecule has 0 bridgehead atoms. The maximum Gasteiger partial charge on any atom is 0.220 e. The molecular weight excluding hydrogens is 264 g/mol. The summed E-state index contributed by atoms with van der Waals surface area (Å²) in [6, 6.07) is 9.95. The lowest BCUT2D eigenvalue weighted by Gasteiger charge is -2.17. The van der Waals surface area contributed by atoms with E-state index in [2.05, 4.69) is 15.5 Å². The molecule has 21 heavy (non-hydrogen) atoms. The normalized spacial score (nSPS) is 11.4. The Morgan fingerprint density at radius 1 is 1.29 bits per heavy atom. The maximum atomic E-state index is 11.7. The summed E-state index contributed by atoms with van der Waals surface area (Å²) in [6.07, 6.45) is 2.86. The summed E-state index contributed by atoms with van der Waals surface area (Å²) in [6.45, 7) is 4.38. The predicted molar refractivity (Wildman–Crippen MR) is 83.4 cm³/mol. The van der Waals surface area contributed by atoms with Gasteiger partial charge in [-0.1, -0.05) is 24.3 Å². The minimum absolute atomic E-state index is 0.0335. The van der Waals surface area contributed by atoms with Crippen LogP contribution in [0.3, 0.4) is 0 Å². The number of aromatic amines is 1. The summed E-state index contributed by atoms with van der Waals surface area (Å²) in [7, 11) is 0. The Bertz CT molecular complexity index is 567. The van der Waals surface area contributed by atoms with Gasteiger partial charge in [-0.25, -0.2) is 0 Å². The van der Waals surface area contributed by atoms with Gasteiger partial charge in [0.1, 0.15) is 0 Å². The van der Waals surface area contributed by atoms with Crippen LogP contribution < -0.4 is 11.1 Å². The van der Waals surface area contributed by atoms with Crippen molar-refractivity contribution in [3.63, 3.8) is 0 Å². The molecule has 0 aliphatic heterocycles. The number of benzene rings is 1. The van der Waals surface area contributed by atoms with E-state index < -0.39 is 0 Å². The molecule has 0 aliphatic rings. The van der Waals surface area contributed by atoms with Gasteiger partial charge in [-0.05, 0) is 37.5 Å². The minimum atomic E-state index is -0.303. The molecule has 0 fully saturated rings. The highest BCUT2D eigenvalue weighted by atomic mass is 16.1. The molecule has 0 saturated carbocycles. The largest absolute Gasteiger partial charge is 0.352 e. The second-order valence-electron chi connectivity index (χ2n) is 5.93. The molecule has 0 saturated heterocycles. The van der Waals surface area contributed by atoms with Gasteiger partial charge in [0.25, 0.3) is 0 Å². The van der Waals surface area contributed by atoms with Crippen LogP contribution in [0.1, 0.15) is 32.3 Å². The van der Waals surface area contributed by atoms with E-state index in [0.717, 1.165) is 16.8 Å². The van der Waals surface area contributed by atoms with Crippen LogP contribution in [0.2, 0.25) is 0 Å². The van der Waals surface area contributed by atoms with Crippen LogP contribution in [0, 0.1) is 0 Å². The molecular formula is C16H22N4O. The van der Waals surface area contributed by atoms with Crippen LogP contribution >= 0.6 is 0 Å².